The molecule has 21 heavy (non-hydrogen) atoms. The maximum absolute atomic E-state index is 13.4. The third-order valence-electron chi connectivity index (χ3n) is 3.66. The molecule has 0 aliphatic carbocycles. The Morgan fingerprint density at radius 1 is 1.48 bits per heavy atom. The Kier molecular flexibility index (Phi) is 4.90. The van der Waals surface area contributed by atoms with Gasteiger partial charge in [0.05, 0.1) is 6.54 Å². The van der Waals surface area contributed by atoms with Crippen LogP contribution in [0.25, 0.3) is 0 Å². The van der Waals surface area contributed by atoms with Gasteiger partial charge in [-0.05, 0) is 43.5 Å². The van der Waals surface area contributed by atoms with Gasteiger partial charge in [0, 0.05) is 18.7 Å². The zero-order valence-corrected chi connectivity index (χ0v) is 11.9. The maximum Gasteiger partial charge on any atom is 0.303 e. The lowest BCUT2D eigenvalue weighted by atomic mass is 10.1. The van der Waals surface area contributed by atoms with E-state index in [-0.39, 0.29) is 30.6 Å². The summed E-state index contributed by atoms with van der Waals surface area (Å²) in [7, 11) is 0. The number of aliphatic carboxylic acids is 1. The molecule has 1 atom stereocenters. The van der Waals surface area contributed by atoms with Crippen molar-refractivity contribution in [2.45, 2.75) is 19.8 Å². The molecule has 1 fully saturated rings. The first-order valence-corrected chi connectivity index (χ1v) is 6.94. The van der Waals surface area contributed by atoms with Crippen LogP contribution < -0.4 is 5.32 Å². The number of carboxylic acids is 1. The van der Waals surface area contributed by atoms with Gasteiger partial charge in [-0.3, -0.25) is 14.5 Å². The summed E-state index contributed by atoms with van der Waals surface area (Å²) in [5.41, 5.74) is 0.966. The van der Waals surface area contributed by atoms with Gasteiger partial charge in [-0.15, -0.1) is 0 Å². The second-order valence-electron chi connectivity index (χ2n) is 5.50. The highest BCUT2D eigenvalue weighted by atomic mass is 19.1. The minimum absolute atomic E-state index is 0.104. The number of carbonyl (C=O) groups excluding carboxylic acids is 1. The predicted molar refractivity (Wildman–Crippen MR) is 76.6 cm³/mol. The summed E-state index contributed by atoms with van der Waals surface area (Å²) in [5, 5.41) is 11.4. The minimum Gasteiger partial charge on any atom is -0.481 e. The molecule has 1 aromatic rings. The van der Waals surface area contributed by atoms with Gasteiger partial charge in [-0.2, -0.15) is 0 Å². The zero-order valence-electron chi connectivity index (χ0n) is 11.9. The number of carbonyl (C=O) groups is 2. The molecule has 0 radical (unpaired) electrons. The smallest absolute Gasteiger partial charge is 0.303 e. The number of carboxylic acid groups (broad SMARTS) is 1. The van der Waals surface area contributed by atoms with Crippen molar-refractivity contribution in [2.75, 3.05) is 25.0 Å². The Bertz CT molecular complexity index is 548. The highest BCUT2D eigenvalue weighted by molar-refractivity contribution is 5.92. The van der Waals surface area contributed by atoms with Crippen molar-refractivity contribution >= 4 is 17.6 Å². The third kappa shape index (κ3) is 4.53. The van der Waals surface area contributed by atoms with Crippen molar-refractivity contribution in [1.82, 2.24) is 4.90 Å². The molecule has 0 aromatic heterocycles. The molecule has 5 nitrogen and oxygen atoms in total. The summed E-state index contributed by atoms with van der Waals surface area (Å²) in [5.74, 6) is -1.27. The molecular weight excluding hydrogens is 275 g/mol. The molecule has 1 aliphatic rings. The van der Waals surface area contributed by atoms with Gasteiger partial charge < -0.3 is 10.4 Å². The highest BCUT2D eigenvalue weighted by Gasteiger charge is 2.25. The molecule has 2 rings (SSSR count). The van der Waals surface area contributed by atoms with Crippen LogP contribution in [0.15, 0.2) is 18.2 Å². The predicted octanol–water partition coefficient (Wildman–Crippen LogP) is 1.87. The molecular formula is C15H19FN2O3. The topological polar surface area (TPSA) is 69.6 Å². The fourth-order valence-corrected chi connectivity index (χ4v) is 2.54. The molecule has 0 spiro atoms. The summed E-state index contributed by atoms with van der Waals surface area (Å²) in [6, 6.07) is 4.57. The first kappa shape index (κ1) is 15.4. The van der Waals surface area contributed by atoms with E-state index in [9.17, 15) is 14.0 Å². The lowest BCUT2D eigenvalue weighted by molar-refractivity contribution is -0.138. The van der Waals surface area contributed by atoms with Crippen molar-refractivity contribution in [3.05, 3.63) is 29.6 Å². The van der Waals surface area contributed by atoms with Gasteiger partial charge in [0.25, 0.3) is 0 Å². The van der Waals surface area contributed by atoms with Crippen LogP contribution in [-0.2, 0) is 9.59 Å². The molecule has 1 heterocycles. The van der Waals surface area contributed by atoms with E-state index in [1.165, 1.54) is 6.07 Å². The van der Waals surface area contributed by atoms with Gasteiger partial charge in [0.2, 0.25) is 5.91 Å². The molecule has 1 aromatic carbocycles. The fraction of sp³-hybridized carbons (Fsp3) is 0.467. The Balaban J connectivity index is 1.82. The number of hydrogen-bond acceptors (Lipinski definition) is 3. The lowest BCUT2D eigenvalue weighted by Crippen LogP contribution is -2.31. The van der Waals surface area contributed by atoms with E-state index in [1.54, 1.807) is 19.1 Å². The molecule has 6 heteroatoms. The van der Waals surface area contributed by atoms with E-state index < -0.39 is 5.97 Å². The Labute approximate surface area is 122 Å². The Morgan fingerprint density at radius 3 is 2.90 bits per heavy atom. The molecule has 1 saturated heterocycles. The molecule has 114 valence electrons. The number of benzene rings is 1. The van der Waals surface area contributed by atoms with Crippen LogP contribution >= 0.6 is 0 Å². The van der Waals surface area contributed by atoms with Crippen LogP contribution in [0.3, 0.4) is 0 Å². The number of amides is 1. The summed E-state index contributed by atoms with van der Waals surface area (Å²) in [6.07, 6.45) is 0.931. The number of aryl methyl sites for hydroxylation is 1. The van der Waals surface area contributed by atoms with Crippen molar-refractivity contribution in [1.29, 1.82) is 0 Å². The van der Waals surface area contributed by atoms with Crippen molar-refractivity contribution in [3.8, 4) is 0 Å². The molecule has 1 unspecified atom stereocenters. The van der Waals surface area contributed by atoms with E-state index in [4.69, 9.17) is 5.11 Å². The summed E-state index contributed by atoms with van der Waals surface area (Å²) in [4.78, 5) is 24.5. The molecule has 0 saturated carbocycles. The molecule has 1 aliphatic heterocycles. The average Bonchev–Trinajstić information content (AvgIpc) is 2.80. The van der Waals surface area contributed by atoms with Crippen LogP contribution in [0.4, 0.5) is 10.1 Å². The standard InChI is InChI=1S/C15H19FN2O3/c1-10-2-3-12(7-13(10)16)17-14(19)9-18-5-4-11(8-18)6-15(20)21/h2-3,7,11H,4-6,8-9H2,1H3,(H,17,19)(H,20,21). The lowest BCUT2D eigenvalue weighted by Gasteiger charge is -2.15. The summed E-state index contributed by atoms with van der Waals surface area (Å²) in [6.45, 7) is 3.19. The average molecular weight is 294 g/mol. The number of nitrogens with zero attached hydrogens (tertiary/aromatic N) is 1. The van der Waals surface area contributed by atoms with E-state index in [1.807, 2.05) is 4.90 Å². The number of nitrogens with one attached hydrogen (secondary N) is 1. The van der Waals surface area contributed by atoms with Crippen molar-refractivity contribution in [2.24, 2.45) is 5.92 Å². The van der Waals surface area contributed by atoms with Gasteiger partial charge in [-0.25, -0.2) is 4.39 Å². The SMILES string of the molecule is Cc1ccc(NC(=O)CN2CCC(CC(=O)O)C2)cc1F. The summed E-state index contributed by atoms with van der Waals surface area (Å²) < 4.78 is 13.4. The minimum atomic E-state index is -0.804. The van der Waals surface area contributed by atoms with E-state index in [0.29, 0.717) is 24.3 Å². The Hall–Kier alpha value is -1.95. The zero-order chi connectivity index (χ0) is 15.4. The summed E-state index contributed by atoms with van der Waals surface area (Å²) >= 11 is 0. The highest BCUT2D eigenvalue weighted by Crippen LogP contribution is 2.19. The fourth-order valence-electron chi connectivity index (χ4n) is 2.54. The van der Waals surface area contributed by atoms with Crippen LogP contribution in [0, 0.1) is 18.7 Å². The third-order valence-corrected chi connectivity index (χ3v) is 3.66. The number of hydrogen-bond donors (Lipinski definition) is 2. The quantitative estimate of drug-likeness (QED) is 0.870. The second-order valence-corrected chi connectivity index (χ2v) is 5.50. The van der Waals surface area contributed by atoms with Crippen LogP contribution in [0.5, 0.6) is 0 Å². The first-order valence-electron chi connectivity index (χ1n) is 6.94. The van der Waals surface area contributed by atoms with E-state index >= 15 is 0 Å². The van der Waals surface area contributed by atoms with Gasteiger partial charge in [0.15, 0.2) is 0 Å². The number of rotatable bonds is 5. The normalized spacial score (nSPS) is 18.7. The van der Waals surface area contributed by atoms with Gasteiger partial charge in [0.1, 0.15) is 5.82 Å². The second kappa shape index (κ2) is 6.67. The van der Waals surface area contributed by atoms with Crippen LogP contribution in [0.1, 0.15) is 18.4 Å². The van der Waals surface area contributed by atoms with Crippen molar-refractivity contribution in [3.63, 3.8) is 0 Å². The van der Waals surface area contributed by atoms with E-state index in [2.05, 4.69) is 5.32 Å². The molecule has 1 amide bonds. The number of halogens is 1. The first-order chi connectivity index (χ1) is 9.94. The molecule has 2 N–H and O–H groups in total. The van der Waals surface area contributed by atoms with E-state index in [0.717, 1.165) is 6.42 Å². The number of likely N-dealkylation sites (tertiary alicyclic amines) is 1. The largest absolute Gasteiger partial charge is 0.481 e. The van der Waals surface area contributed by atoms with Crippen molar-refractivity contribution < 1.29 is 19.1 Å². The molecule has 0 bridgehead atoms. The van der Waals surface area contributed by atoms with Gasteiger partial charge in [-0.1, -0.05) is 6.07 Å². The maximum atomic E-state index is 13.4. The van der Waals surface area contributed by atoms with Crippen LogP contribution in [0.2, 0.25) is 0 Å². The van der Waals surface area contributed by atoms with Crippen LogP contribution in [-0.4, -0.2) is 41.5 Å². The van der Waals surface area contributed by atoms with Gasteiger partial charge >= 0.3 is 5.97 Å². The number of anilines is 1. The Morgan fingerprint density at radius 2 is 2.24 bits per heavy atom. The monoisotopic (exact) mass is 294 g/mol.